The van der Waals surface area contributed by atoms with E-state index in [2.05, 4.69) is 0 Å². The van der Waals surface area contributed by atoms with Gasteiger partial charge in [0.15, 0.2) is 0 Å². The number of nitrogens with zero attached hydrogens (tertiary/aromatic N) is 2. The predicted molar refractivity (Wildman–Crippen MR) is 40.7 cm³/mol. The highest BCUT2D eigenvalue weighted by Gasteiger charge is 2.21. The van der Waals surface area contributed by atoms with Crippen molar-refractivity contribution < 1.29 is 9.59 Å². The molecule has 0 aromatic carbocycles. The zero-order valence-electron chi connectivity index (χ0n) is 6.49. The number of carbonyl (C=O) groups is 2. The van der Waals surface area contributed by atoms with Gasteiger partial charge in [-0.1, -0.05) is 0 Å². The molecule has 0 bridgehead atoms. The van der Waals surface area contributed by atoms with Crippen LogP contribution in [0, 0.1) is 11.3 Å². The lowest BCUT2D eigenvalue weighted by molar-refractivity contribution is -0.136. The van der Waals surface area contributed by atoms with Gasteiger partial charge in [0.25, 0.3) is 11.8 Å². The smallest absolute Gasteiger partial charge is 0.253 e. The van der Waals surface area contributed by atoms with Gasteiger partial charge in [0.05, 0.1) is 6.07 Å². The fourth-order valence-corrected chi connectivity index (χ4v) is 0.968. The van der Waals surface area contributed by atoms with Crippen molar-refractivity contribution in [1.29, 1.82) is 5.26 Å². The van der Waals surface area contributed by atoms with Crippen molar-refractivity contribution in [3.63, 3.8) is 0 Å². The molecule has 4 nitrogen and oxygen atoms in total. The van der Waals surface area contributed by atoms with Gasteiger partial charge in [-0.05, 0) is 6.42 Å². The minimum Gasteiger partial charge on any atom is -0.275 e. The van der Waals surface area contributed by atoms with Crippen LogP contribution in [0.25, 0.3) is 0 Å². The summed E-state index contributed by atoms with van der Waals surface area (Å²) in [6.45, 7) is 0.345. The SMILES string of the molecule is N#CCCCN1C(=O)C=CC1=O. The molecular formula is C8H8N2O2. The predicted octanol–water partition coefficient (Wildman–Crippen LogP) is 0.215. The first-order valence-corrected chi connectivity index (χ1v) is 3.66. The van der Waals surface area contributed by atoms with Crippen molar-refractivity contribution in [1.82, 2.24) is 4.90 Å². The van der Waals surface area contributed by atoms with E-state index < -0.39 is 0 Å². The summed E-state index contributed by atoms with van der Waals surface area (Å²) in [5, 5.41) is 8.22. The van der Waals surface area contributed by atoms with Gasteiger partial charge in [-0.15, -0.1) is 0 Å². The standard InChI is InChI=1S/C8H8N2O2/c9-5-1-2-6-10-7(11)3-4-8(10)12/h3-4H,1-2,6H2. The second-order valence-corrected chi connectivity index (χ2v) is 2.42. The lowest BCUT2D eigenvalue weighted by atomic mass is 10.3. The number of unbranched alkanes of at least 4 members (excludes halogenated alkanes) is 1. The minimum atomic E-state index is -0.280. The third-order valence-corrected chi connectivity index (χ3v) is 1.57. The molecule has 2 amide bonds. The summed E-state index contributed by atoms with van der Waals surface area (Å²) >= 11 is 0. The maximum atomic E-state index is 10.9. The molecule has 1 aliphatic heterocycles. The molecular weight excluding hydrogens is 156 g/mol. The van der Waals surface area contributed by atoms with Crippen molar-refractivity contribution in [2.75, 3.05) is 6.54 Å². The van der Waals surface area contributed by atoms with Crippen molar-refractivity contribution in [2.45, 2.75) is 12.8 Å². The van der Waals surface area contributed by atoms with E-state index in [-0.39, 0.29) is 11.8 Å². The summed E-state index contributed by atoms with van der Waals surface area (Å²) in [5.41, 5.74) is 0. The summed E-state index contributed by atoms with van der Waals surface area (Å²) in [7, 11) is 0. The van der Waals surface area contributed by atoms with E-state index in [0.29, 0.717) is 19.4 Å². The highest BCUT2D eigenvalue weighted by atomic mass is 16.2. The molecule has 0 atom stereocenters. The molecule has 0 saturated carbocycles. The number of hydrogen-bond acceptors (Lipinski definition) is 3. The van der Waals surface area contributed by atoms with Gasteiger partial charge < -0.3 is 0 Å². The number of nitriles is 1. The van der Waals surface area contributed by atoms with Crippen LogP contribution >= 0.6 is 0 Å². The Morgan fingerprint density at radius 3 is 2.42 bits per heavy atom. The quantitative estimate of drug-likeness (QED) is 0.442. The number of rotatable bonds is 3. The maximum absolute atomic E-state index is 10.9. The van der Waals surface area contributed by atoms with Crippen LogP contribution in [0.4, 0.5) is 0 Å². The monoisotopic (exact) mass is 164 g/mol. The van der Waals surface area contributed by atoms with Gasteiger partial charge >= 0.3 is 0 Å². The molecule has 0 fully saturated rings. The second-order valence-electron chi connectivity index (χ2n) is 2.42. The van der Waals surface area contributed by atoms with Crippen molar-refractivity contribution in [2.24, 2.45) is 0 Å². The van der Waals surface area contributed by atoms with Gasteiger partial charge in [-0.2, -0.15) is 5.26 Å². The molecule has 0 radical (unpaired) electrons. The molecule has 0 aromatic rings. The van der Waals surface area contributed by atoms with E-state index in [1.165, 1.54) is 12.2 Å². The zero-order valence-corrected chi connectivity index (χ0v) is 6.49. The van der Waals surface area contributed by atoms with Crippen LogP contribution in [0.2, 0.25) is 0 Å². The molecule has 0 aliphatic carbocycles. The second kappa shape index (κ2) is 3.67. The molecule has 12 heavy (non-hydrogen) atoms. The molecule has 1 rings (SSSR count). The lowest BCUT2D eigenvalue weighted by Crippen LogP contribution is -2.30. The Morgan fingerprint density at radius 2 is 1.92 bits per heavy atom. The largest absolute Gasteiger partial charge is 0.275 e. The van der Waals surface area contributed by atoms with Gasteiger partial charge in [-0.3, -0.25) is 14.5 Å². The van der Waals surface area contributed by atoms with E-state index in [0.717, 1.165) is 4.90 Å². The van der Waals surface area contributed by atoms with Crippen LogP contribution < -0.4 is 0 Å². The van der Waals surface area contributed by atoms with Gasteiger partial charge in [0, 0.05) is 25.1 Å². The first-order valence-electron chi connectivity index (χ1n) is 3.66. The van der Waals surface area contributed by atoms with Crippen molar-refractivity contribution >= 4 is 11.8 Å². The Labute approximate surface area is 70.1 Å². The summed E-state index contributed by atoms with van der Waals surface area (Å²) < 4.78 is 0. The molecule has 62 valence electrons. The molecule has 1 aliphatic rings. The van der Waals surface area contributed by atoms with Crippen LogP contribution in [-0.2, 0) is 9.59 Å². The fraction of sp³-hybridized carbons (Fsp3) is 0.375. The average molecular weight is 164 g/mol. The normalized spacial score (nSPS) is 15.4. The van der Waals surface area contributed by atoms with Crippen molar-refractivity contribution in [3.8, 4) is 6.07 Å². The molecule has 1 heterocycles. The molecule has 4 heteroatoms. The fourth-order valence-electron chi connectivity index (χ4n) is 0.968. The van der Waals surface area contributed by atoms with E-state index >= 15 is 0 Å². The number of amides is 2. The Bertz CT molecular complexity index is 257. The van der Waals surface area contributed by atoms with E-state index in [9.17, 15) is 9.59 Å². The molecule has 0 unspecified atom stereocenters. The average Bonchev–Trinajstić information content (AvgIpc) is 2.35. The summed E-state index contributed by atoms with van der Waals surface area (Å²) in [6, 6.07) is 1.95. The third-order valence-electron chi connectivity index (χ3n) is 1.57. The summed E-state index contributed by atoms with van der Waals surface area (Å²) in [6.07, 6.45) is 3.41. The molecule has 0 saturated heterocycles. The third kappa shape index (κ3) is 1.70. The minimum absolute atomic E-state index is 0.280. The van der Waals surface area contributed by atoms with Crippen LogP contribution in [-0.4, -0.2) is 23.3 Å². The Balaban J connectivity index is 2.39. The van der Waals surface area contributed by atoms with Gasteiger partial charge in [-0.25, -0.2) is 0 Å². The Hall–Kier alpha value is -1.63. The summed E-state index contributed by atoms with van der Waals surface area (Å²) in [5.74, 6) is -0.559. The van der Waals surface area contributed by atoms with Crippen LogP contribution in [0.1, 0.15) is 12.8 Å². The highest BCUT2D eigenvalue weighted by Crippen LogP contribution is 2.04. The number of hydrogen-bond donors (Lipinski definition) is 0. The zero-order chi connectivity index (χ0) is 8.97. The highest BCUT2D eigenvalue weighted by molar-refractivity contribution is 6.12. The molecule has 0 spiro atoms. The number of carbonyl (C=O) groups excluding carboxylic acids is 2. The Kier molecular flexibility index (Phi) is 2.59. The Morgan fingerprint density at radius 1 is 1.33 bits per heavy atom. The van der Waals surface area contributed by atoms with E-state index in [4.69, 9.17) is 5.26 Å². The van der Waals surface area contributed by atoms with Crippen LogP contribution in [0.5, 0.6) is 0 Å². The van der Waals surface area contributed by atoms with Crippen molar-refractivity contribution in [3.05, 3.63) is 12.2 Å². The van der Waals surface area contributed by atoms with Crippen LogP contribution in [0.15, 0.2) is 12.2 Å². The maximum Gasteiger partial charge on any atom is 0.253 e. The lowest BCUT2D eigenvalue weighted by Gasteiger charge is -2.11. The van der Waals surface area contributed by atoms with Gasteiger partial charge in [0.1, 0.15) is 0 Å². The van der Waals surface area contributed by atoms with Crippen LogP contribution in [0.3, 0.4) is 0 Å². The number of imide groups is 1. The van der Waals surface area contributed by atoms with Gasteiger partial charge in [0.2, 0.25) is 0 Å². The molecule has 0 N–H and O–H groups in total. The summed E-state index contributed by atoms with van der Waals surface area (Å²) in [4.78, 5) is 23.0. The van der Waals surface area contributed by atoms with E-state index in [1.807, 2.05) is 6.07 Å². The first-order chi connectivity index (χ1) is 5.75. The topological polar surface area (TPSA) is 61.2 Å². The first kappa shape index (κ1) is 8.47. The van der Waals surface area contributed by atoms with E-state index in [1.54, 1.807) is 0 Å². The molecule has 0 aromatic heterocycles.